The van der Waals surface area contributed by atoms with Gasteiger partial charge in [0.1, 0.15) is 0 Å². The van der Waals surface area contributed by atoms with Gasteiger partial charge in [0.25, 0.3) is 0 Å². The van der Waals surface area contributed by atoms with Crippen LogP contribution in [0.1, 0.15) is 51.2 Å². The minimum atomic E-state index is -0.411. The molecule has 3 fully saturated rings. The molecule has 1 heterocycles. The average Bonchev–Trinajstić information content (AvgIpc) is 3.18. The number of amides is 2. The molecule has 2 aliphatic carbocycles. The molecule has 0 bridgehead atoms. The maximum Gasteiger partial charge on any atom is 0.407 e. The van der Waals surface area contributed by atoms with Crippen LogP contribution < -0.4 is 5.32 Å². The number of carbonyl (C=O) groups is 2. The lowest BCUT2D eigenvalue weighted by atomic mass is 9.79. The van der Waals surface area contributed by atoms with Crippen molar-refractivity contribution in [2.45, 2.75) is 56.9 Å². The molecule has 2 amide bonds. The first-order valence-electron chi connectivity index (χ1n) is 9.97. The first-order valence-corrected chi connectivity index (χ1v) is 9.97. The molecule has 0 aromatic heterocycles. The van der Waals surface area contributed by atoms with Crippen LogP contribution in [0.25, 0.3) is 0 Å². The van der Waals surface area contributed by atoms with Crippen molar-refractivity contribution < 1.29 is 14.3 Å². The molecular formula is C22H30N2O3. The second-order valence-electron chi connectivity index (χ2n) is 9.61. The highest BCUT2D eigenvalue weighted by molar-refractivity contribution is 5.81. The molecule has 27 heavy (non-hydrogen) atoms. The van der Waals surface area contributed by atoms with Crippen LogP contribution in [0.5, 0.6) is 0 Å². The molecule has 1 N–H and O–H groups in total. The van der Waals surface area contributed by atoms with Gasteiger partial charge >= 0.3 is 6.09 Å². The minimum Gasteiger partial charge on any atom is -0.453 e. The second-order valence-corrected chi connectivity index (χ2v) is 9.61. The summed E-state index contributed by atoms with van der Waals surface area (Å²) in [5, 5.41) is 2.78. The molecular weight excluding hydrogens is 340 g/mol. The Bertz CT molecular complexity index is 763. The summed E-state index contributed by atoms with van der Waals surface area (Å²) in [6.45, 7) is 8.45. The lowest BCUT2D eigenvalue weighted by Gasteiger charge is -2.37. The van der Waals surface area contributed by atoms with E-state index in [1.54, 1.807) is 0 Å². The van der Waals surface area contributed by atoms with Crippen LogP contribution >= 0.6 is 0 Å². The van der Waals surface area contributed by atoms with Crippen molar-refractivity contribution in [1.29, 1.82) is 0 Å². The summed E-state index contributed by atoms with van der Waals surface area (Å²) in [7, 11) is 1.36. The number of fused-ring (bicyclic) bond motifs is 1. The largest absolute Gasteiger partial charge is 0.453 e. The summed E-state index contributed by atoms with van der Waals surface area (Å²) in [6, 6.07) is 9.04. The summed E-state index contributed by atoms with van der Waals surface area (Å²) >= 11 is 0. The highest BCUT2D eigenvalue weighted by Crippen LogP contribution is 2.59. The van der Waals surface area contributed by atoms with Gasteiger partial charge in [-0.25, -0.2) is 4.79 Å². The Morgan fingerprint density at radius 2 is 2.00 bits per heavy atom. The Morgan fingerprint density at radius 3 is 2.67 bits per heavy atom. The smallest absolute Gasteiger partial charge is 0.407 e. The normalized spacial score (nSPS) is 31.7. The van der Waals surface area contributed by atoms with E-state index in [2.05, 4.69) is 60.0 Å². The molecule has 0 radical (unpaired) electrons. The number of nitrogens with one attached hydrogen (secondary N) is 1. The Balaban J connectivity index is 1.39. The monoisotopic (exact) mass is 370 g/mol. The van der Waals surface area contributed by atoms with Crippen molar-refractivity contribution in [3.8, 4) is 0 Å². The number of alkyl carbamates (subject to hydrolysis) is 1. The number of benzene rings is 1. The lowest BCUT2D eigenvalue weighted by molar-refractivity contribution is -0.138. The molecule has 5 heteroatoms. The van der Waals surface area contributed by atoms with E-state index in [9.17, 15) is 9.59 Å². The highest BCUT2D eigenvalue weighted by atomic mass is 16.5. The lowest BCUT2D eigenvalue weighted by Crippen LogP contribution is -2.50. The topological polar surface area (TPSA) is 58.6 Å². The van der Waals surface area contributed by atoms with E-state index in [0.717, 1.165) is 25.9 Å². The van der Waals surface area contributed by atoms with Crippen molar-refractivity contribution >= 4 is 12.0 Å². The number of rotatable bonds is 3. The first-order chi connectivity index (χ1) is 12.7. The van der Waals surface area contributed by atoms with Crippen LogP contribution in [0.2, 0.25) is 0 Å². The van der Waals surface area contributed by atoms with Gasteiger partial charge in [-0.2, -0.15) is 0 Å². The summed E-state index contributed by atoms with van der Waals surface area (Å²) in [4.78, 5) is 26.2. The van der Waals surface area contributed by atoms with E-state index >= 15 is 0 Å². The summed E-state index contributed by atoms with van der Waals surface area (Å²) in [6.07, 6.45) is 2.23. The molecule has 1 aliphatic heterocycles. The van der Waals surface area contributed by atoms with E-state index < -0.39 is 6.09 Å². The Morgan fingerprint density at radius 1 is 1.26 bits per heavy atom. The molecule has 2 unspecified atom stereocenters. The third-order valence-corrected chi connectivity index (χ3v) is 6.76. The van der Waals surface area contributed by atoms with Crippen LogP contribution in [0.3, 0.4) is 0 Å². The molecule has 4 rings (SSSR count). The van der Waals surface area contributed by atoms with Gasteiger partial charge in [-0.15, -0.1) is 0 Å². The zero-order valence-electron chi connectivity index (χ0n) is 16.7. The predicted octanol–water partition coefficient (Wildman–Crippen LogP) is 3.22. The molecule has 2 saturated carbocycles. The number of ether oxygens (including phenoxy) is 1. The van der Waals surface area contributed by atoms with Gasteiger partial charge in [0, 0.05) is 30.5 Å². The van der Waals surface area contributed by atoms with Gasteiger partial charge in [-0.05, 0) is 41.7 Å². The van der Waals surface area contributed by atoms with Gasteiger partial charge in [0.2, 0.25) is 5.91 Å². The van der Waals surface area contributed by atoms with Gasteiger partial charge in [0.05, 0.1) is 7.11 Å². The zero-order valence-corrected chi connectivity index (χ0v) is 16.7. The molecule has 2 atom stereocenters. The second kappa shape index (κ2) is 6.25. The fraction of sp³-hybridized carbons (Fsp3) is 0.636. The fourth-order valence-corrected chi connectivity index (χ4v) is 4.81. The number of hydrogen-bond donors (Lipinski definition) is 1. The third kappa shape index (κ3) is 3.21. The zero-order chi connectivity index (χ0) is 19.4. The van der Waals surface area contributed by atoms with Gasteiger partial charge < -0.3 is 15.0 Å². The maximum atomic E-state index is 12.9. The third-order valence-electron chi connectivity index (χ3n) is 6.76. The van der Waals surface area contributed by atoms with E-state index in [0.29, 0.717) is 5.92 Å². The number of methoxy groups -OCH3 is 1. The molecule has 3 aliphatic rings. The minimum absolute atomic E-state index is 0.0441. The maximum absolute atomic E-state index is 12.9. The van der Waals surface area contributed by atoms with E-state index in [1.807, 2.05) is 0 Å². The molecule has 146 valence electrons. The molecule has 1 aromatic rings. The van der Waals surface area contributed by atoms with E-state index in [1.165, 1.54) is 24.7 Å². The summed E-state index contributed by atoms with van der Waals surface area (Å²) in [5.74, 6) is 0.903. The molecule has 1 saturated heterocycles. The number of carbonyl (C=O) groups excluding carboxylic acids is 2. The average molecular weight is 370 g/mol. The fourth-order valence-electron chi connectivity index (χ4n) is 4.81. The molecule has 1 aromatic carbocycles. The standard InChI is InChI=1S/C22H30N2O3/c1-21(2,3)15-6-5-7-16(10-15)22-11-17(22)12-24(13-22)19(25)14-8-18(9-14)23-20(26)27-4/h5-7,10,14,17-18H,8-9,11-13H2,1-4H3,(H,23,26). The van der Waals surface area contributed by atoms with Crippen LogP contribution in [0, 0.1) is 11.8 Å². The van der Waals surface area contributed by atoms with Crippen molar-refractivity contribution in [3.05, 3.63) is 35.4 Å². The van der Waals surface area contributed by atoms with Crippen LogP contribution in [-0.2, 0) is 20.4 Å². The first kappa shape index (κ1) is 18.3. The molecule has 0 spiro atoms. The number of nitrogens with zero attached hydrogens (tertiary/aromatic N) is 1. The van der Waals surface area contributed by atoms with Crippen LogP contribution in [-0.4, -0.2) is 43.1 Å². The van der Waals surface area contributed by atoms with Crippen LogP contribution in [0.4, 0.5) is 4.79 Å². The van der Waals surface area contributed by atoms with Crippen molar-refractivity contribution in [3.63, 3.8) is 0 Å². The number of hydrogen-bond acceptors (Lipinski definition) is 3. The van der Waals surface area contributed by atoms with Gasteiger partial charge in [-0.1, -0.05) is 45.0 Å². The van der Waals surface area contributed by atoms with E-state index in [4.69, 9.17) is 0 Å². The van der Waals surface area contributed by atoms with Gasteiger partial charge in [0.15, 0.2) is 0 Å². The summed E-state index contributed by atoms with van der Waals surface area (Å²) in [5.41, 5.74) is 3.07. The Kier molecular flexibility index (Phi) is 4.24. The van der Waals surface area contributed by atoms with Crippen molar-refractivity contribution in [2.75, 3.05) is 20.2 Å². The van der Waals surface area contributed by atoms with Crippen molar-refractivity contribution in [2.24, 2.45) is 11.8 Å². The highest BCUT2D eigenvalue weighted by Gasteiger charge is 2.62. The van der Waals surface area contributed by atoms with Gasteiger partial charge in [-0.3, -0.25) is 4.79 Å². The van der Waals surface area contributed by atoms with E-state index in [-0.39, 0.29) is 28.7 Å². The Labute approximate surface area is 161 Å². The summed E-state index contributed by atoms with van der Waals surface area (Å²) < 4.78 is 4.62. The SMILES string of the molecule is COC(=O)NC1CC(C(=O)N2CC3CC3(c3cccc(C(C)(C)C)c3)C2)C1. The molecule has 5 nitrogen and oxygen atoms in total. The Hall–Kier alpha value is -2.04. The van der Waals surface area contributed by atoms with Crippen LogP contribution in [0.15, 0.2) is 24.3 Å². The number of likely N-dealkylation sites (tertiary alicyclic amines) is 1. The predicted molar refractivity (Wildman–Crippen MR) is 104 cm³/mol. The number of piperidine rings is 1. The van der Waals surface area contributed by atoms with Crippen molar-refractivity contribution in [1.82, 2.24) is 10.2 Å². The quantitative estimate of drug-likeness (QED) is 0.889.